The molecule has 1 atom stereocenters. The summed E-state index contributed by atoms with van der Waals surface area (Å²) in [5, 5.41) is 5.21. The Bertz CT molecular complexity index is 631. The van der Waals surface area contributed by atoms with Crippen LogP contribution in [0.4, 0.5) is 9.59 Å². The van der Waals surface area contributed by atoms with Crippen LogP contribution in [0.2, 0.25) is 0 Å². The number of unbranched alkanes of at least 4 members (excludes halogenated alkanes) is 1. The SMILES string of the molecule is CC(C)(C)OC(=O)NCCCC[C@H](NC(=O)OCc1ccccc1)C(=O)CCl. The Morgan fingerprint density at radius 1 is 1.07 bits per heavy atom. The minimum atomic E-state index is -0.720. The van der Waals surface area contributed by atoms with Crippen molar-refractivity contribution in [2.24, 2.45) is 0 Å². The molecule has 0 aromatic heterocycles. The lowest BCUT2D eigenvalue weighted by atomic mass is 10.1. The van der Waals surface area contributed by atoms with Crippen molar-refractivity contribution in [3.8, 4) is 0 Å². The number of nitrogens with one attached hydrogen (secondary N) is 2. The van der Waals surface area contributed by atoms with Crippen molar-refractivity contribution in [2.45, 2.75) is 58.3 Å². The lowest BCUT2D eigenvalue weighted by Crippen LogP contribution is -2.41. The van der Waals surface area contributed by atoms with E-state index in [0.29, 0.717) is 25.8 Å². The highest BCUT2D eigenvalue weighted by molar-refractivity contribution is 6.28. The summed E-state index contributed by atoms with van der Waals surface area (Å²) >= 11 is 5.63. The molecule has 0 fully saturated rings. The number of hydrogen-bond donors (Lipinski definition) is 2. The molecular formula is C20H29ClN2O5. The van der Waals surface area contributed by atoms with Crippen LogP contribution < -0.4 is 10.6 Å². The first kappa shape index (κ1) is 23.8. The Hall–Kier alpha value is -2.28. The number of rotatable bonds is 10. The molecule has 0 saturated heterocycles. The quantitative estimate of drug-likeness (QED) is 0.450. The zero-order valence-corrected chi connectivity index (χ0v) is 17.4. The van der Waals surface area contributed by atoms with Gasteiger partial charge in [0.05, 0.1) is 11.9 Å². The maximum absolute atomic E-state index is 12.0. The maximum atomic E-state index is 12.0. The number of alkyl carbamates (subject to hydrolysis) is 2. The third-order valence-corrected chi connectivity index (χ3v) is 3.88. The molecule has 2 N–H and O–H groups in total. The van der Waals surface area contributed by atoms with Crippen LogP contribution in [-0.2, 0) is 20.9 Å². The van der Waals surface area contributed by atoms with Gasteiger partial charge in [0.1, 0.15) is 12.2 Å². The first-order valence-corrected chi connectivity index (χ1v) is 9.77. The van der Waals surface area contributed by atoms with Crippen LogP contribution in [0.25, 0.3) is 0 Å². The second-order valence-corrected chi connectivity index (χ2v) is 7.55. The first-order chi connectivity index (χ1) is 13.2. The van der Waals surface area contributed by atoms with Crippen molar-refractivity contribution < 1.29 is 23.9 Å². The first-order valence-electron chi connectivity index (χ1n) is 9.24. The van der Waals surface area contributed by atoms with Gasteiger partial charge in [-0.25, -0.2) is 9.59 Å². The maximum Gasteiger partial charge on any atom is 0.408 e. The predicted molar refractivity (Wildman–Crippen MR) is 107 cm³/mol. The van der Waals surface area contributed by atoms with Crippen LogP contribution in [-0.4, -0.2) is 42.0 Å². The van der Waals surface area contributed by atoms with Crippen molar-refractivity contribution in [3.05, 3.63) is 35.9 Å². The molecule has 8 heteroatoms. The topological polar surface area (TPSA) is 93.7 Å². The minimum absolute atomic E-state index is 0.119. The second kappa shape index (κ2) is 12.2. The predicted octanol–water partition coefficient (Wildman–Crippen LogP) is 3.78. The van der Waals surface area contributed by atoms with Gasteiger partial charge >= 0.3 is 12.2 Å². The van der Waals surface area contributed by atoms with Gasteiger partial charge in [-0.1, -0.05) is 30.3 Å². The summed E-state index contributed by atoms with van der Waals surface area (Å²) in [4.78, 5) is 35.5. The van der Waals surface area contributed by atoms with Crippen molar-refractivity contribution in [1.82, 2.24) is 10.6 Å². The van der Waals surface area contributed by atoms with Crippen LogP contribution in [0.15, 0.2) is 30.3 Å². The average Bonchev–Trinajstić information content (AvgIpc) is 2.64. The number of benzene rings is 1. The molecule has 0 bridgehead atoms. The Labute approximate surface area is 171 Å². The molecule has 0 heterocycles. The van der Waals surface area contributed by atoms with E-state index in [1.165, 1.54) is 0 Å². The zero-order chi connectivity index (χ0) is 21.0. The van der Waals surface area contributed by atoms with Crippen molar-refractivity contribution >= 4 is 29.6 Å². The largest absolute Gasteiger partial charge is 0.445 e. The summed E-state index contributed by atoms with van der Waals surface area (Å²) in [6.07, 6.45) is 0.499. The van der Waals surface area contributed by atoms with Gasteiger partial charge in [-0.05, 0) is 45.6 Å². The van der Waals surface area contributed by atoms with E-state index >= 15 is 0 Å². The molecule has 0 saturated carbocycles. The fourth-order valence-electron chi connectivity index (χ4n) is 2.29. The number of hydrogen-bond acceptors (Lipinski definition) is 5. The van der Waals surface area contributed by atoms with Crippen LogP contribution >= 0.6 is 11.6 Å². The van der Waals surface area contributed by atoms with Gasteiger partial charge in [-0.15, -0.1) is 11.6 Å². The van der Waals surface area contributed by atoms with E-state index in [-0.39, 0.29) is 18.3 Å². The summed E-state index contributed by atoms with van der Waals surface area (Å²) < 4.78 is 10.3. The minimum Gasteiger partial charge on any atom is -0.445 e. The molecule has 0 aliphatic rings. The van der Waals surface area contributed by atoms with Gasteiger partial charge in [-0.3, -0.25) is 4.79 Å². The molecule has 1 aromatic rings. The van der Waals surface area contributed by atoms with Gasteiger partial charge in [0.15, 0.2) is 5.78 Å². The monoisotopic (exact) mass is 412 g/mol. The van der Waals surface area contributed by atoms with E-state index in [2.05, 4.69) is 10.6 Å². The van der Waals surface area contributed by atoms with Crippen LogP contribution in [0.1, 0.15) is 45.6 Å². The Balaban J connectivity index is 2.33. The van der Waals surface area contributed by atoms with Gasteiger partial charge in [-0.2, -0.15) is 0 Å². The molecule has 2 amide bonds. The second-order valence-electron chi connectivity index (χ2n) is 7.28. The summed E-state index contributed by atoms with van der Waals surface area (Å²) in [7, 11) is 0. The summed E-state index contributed by atoms with van der Waals surface area (Å²) in [6.45, 7) is 5.90. The van der Waals surface area contributed by atoms with Crippen molar-refractivity contribution in [2.75, 3.05) is 12.4 Å². The molecule has 0 spiro atoms. The molecule has 0 aliphatic heterocycles. The lowest BCUT2D eigenvalue weighted by molar-refractivity contribution is -0.118. The number of ketones is 1. The molecule has 28 heavy (non-hydrogen) atoms. The lowest BCUT2D eigenvalue weighted by Gasteiger charge is -2.20. The van der Waals surface area contributed by atoms with E-state index in [9.17, 15) is 14.4 Å². The number of amides is 2. The van der Waals surface area contributed by atoms with Crippen molar-refractivity contribution in [3.63, 3.8) is 0 Å². The molecule has 0 unspecified atom stereocenters. The van der Waals surface area contributed by atoms with Crippen LogP contribution in [0, 0.1) is 0 Å². The number of alkyl halides is 1. The molecule has 1 rings (SSSR count). The fraction of sp³-hybridized carbons (Fsp3) is 0.550. The normalized spacial score (nSPS) is 12.0. The smallest absolute Gasteiger partial charge is 0.408 e. The Morgan fingerprint density at radius 2 is 1.75 bits per heavy atom. The van der Waals surface area contributed by atoms with E-state index in [0.717, 1.165) is 5.56 Å². The molecular weight excluding hydrogens is 384 g/mol. The number of Topliss-reactive ketones (excluding diaryl/α,β-unsaturated/α-hetero) is 1. The number of carbonyl (C=O) groups is 3. The Morgan fingerprint density at radius 3 is 2.36 bits per heavy atom. The molecule has 0 aliphatic carbocycles. The standard InChI is InChI=1S/C20H29ClN2O5/c1-20(2,3)28-18(25)22-12-8-7-11-16(17(24)13-21)23-19(26)27-14-15-9-5-4-6-10-15/h4-6,9-10,16H,7-8,11-14H2,1-3H3,(H,22,25)(H,23,26)/t16-/m0/s1. The van der Waals surface area contributed by atoms with Crippen LogP contribution in [0.3, 0.4) is 0 Å². The highest BCUT2D eigenvalue weighted by atomic mass is 35.5. The van der Waals surface area contributed by atoms with E-state index in [4.69, 9.17) is 21.1 Å². The fourth-order valence-corrected chi connectivity index (χ4v) is 2.48. The van der Waals surface area contributed by atoms with E-state index in [1.54, 1.807) is 20.8 Å². The number of ether oxygens (including phenoxy) is 2. The van der Waals surface area contributed by atoms with Gasteiger partial charge < -0.3 is 20.1 Å². The third kappa shape index (κ3) is 10.8. The highest BCUT2D eigenvalue weighted by Gasteiger charge is 2.20. The number of carbonyl (C=O) groups excluding carboxylic acids is 3. The molecule has 156 valence electrons. The van der Waals surface area contributed by atoms with E-state index < -0.39 is 23.8 Å². The summed E-state index contributed by atoms with van der Waals surface area (Å²) in [5.41, 5.74) is 0.303. The van der Waals surface area contributed by atoms with Gasteiger partial charge in [0.2, 0.25) is 0 Å². The van der Waals surface area contributed by atoms with Crippen LogP contribution in [0.5, 0.6) is 0 Å². The molecule has 1 aromatic carbocycles. The zero-order valence-electron chi connectivity index (χ0n) is 16.6. The number of halogens is 1. The van der Waals surface area contributed by atoms with E-state index in [1.807, 2.05) is 30.3 Å². The van der Waals surface area contributed by atoms with Crippen molar-refractivity contribution in [1.29, 1.82) is 0 Å². The van der Waals surface area contributed by atoms with Gasteiger partial charge in [0.25, 0.3) is 0 Å². The Kier molecular flexibility index (Phi) is 10.4. The van der Waals surface area contributed by atoms with Gasteiger partial charge in [0, 0.05) is 6.54 Å². The third-order valence-electron chi connectivity index (χ3n) is 3.61. The highest BCUT2D eigenvalue weighted by Crippen LogP contribution is 2.08. The average molecular weight is 413 g/mol. The summed E-state index contributed by atoms with van der Waals surface area (Å²) in [6, 6.07) is 8.53. The molecule has 7 nitrogen and oxygen atoms in total. The summed E-state index contributed by atoms with van der Waals surface area (Å²) in [5.74, 6) is -0.474. The molecule has 0 radical (unpaired) electrons.